The third kappa shape index (κ3) is 8.39. The maximum Gasteiger partial charge on any atom is 0.306 e. The first kappa shape index (κ1) is 24.1. The van der Waals surface area contributed by atoms with E-state index in [9.17, 15) is 14.7 Å². The van der Waals surface area contributed by atoms with Crippen molar-refractivity contribution in [2.24, 2.45) is 17.8 Å². The summed E-state index contributed by atoms with van der Waals surface area (Å²) >= 11 is 0. The fraction of sp³-hybridized carbons (Fsp3) is 0.583. The maximum atomic E-state index is 12.5. The van der Waals surface area contributed by atoms with Crippen molar-refractivity contribution in [3.63, 3.8) is 0 Å². The molecule has 0 amide bonds. The molecule has 28 heavy (non-hydrogen) atoms. The summed E-state index contributed by atoms with van der Waals surface area (Å²) in [5.74, 6) is -0.853. The highest BCUT2D eigenvalue weighted by Crippen LogP contribution is 2.22. The zero-order valence-corrected chi connectivity index (χ0v) is 17.8. The van der Waals surface area contributed by atoms with Crippen molar-refractivity contribution in [2.45, 2.75) is 72.0 Å². The van der Waals surface area contributed by atoms with Gasteiger partial charge in [-0.25, -0.2) is 0 Å². The number of allylic oxidation sites excluding steroid dienone is 5. The first-order valence-electron chi connectivity index (χ1n) is 10.4. The van der Waals surface area contributed by atoms with E-state index in [1.807, 2.05) is 32.1 Å². The molecule has 0 bridgehead atoms. The van der Waals surface area contributed by atoms with Gasteiger partial charge in [0.1, 0.15) is 12.2 Å². The Balaban J connectivity index is 3.08. The molecule has 1 aliphatic rings. The van der Waals surface area contributed by atoms with E-state index < -0.39 is 12.2 Å². The van der Waals surface area contributed by atoms with Crippen LogP contribution in [-0.4, -0.2) is 29.1 Å². The molecule has 1 rings (SSSR count). The Labute approximate surface area is 170 Å². The Morgan fingerprint density at radius 2 is 2.04 bits per heavy atom. The number of ether oxygens (including phenoxy) is 1. The lowest BCUT2D eigenvalue weighted by atomic mass is 9.94. The van der Waals surface area contributed by atoms with E-state index in [1.165, 1.54) is 0 Å². The lowest BCUT2D eigenvalue weighted by molar-refractivity contribution is -0.156. The number of aliphatic hydroxyl groups excluding tert-OH is 1. The summed E-state index contributed by atoms with van der Waals surface area (Å²) in [6, 6.07) is 0. The molecule has 0 fully saturated rings. The molecular formula is C24H36O4. The van der Waals surface area contributed by atoms with Crippen molar-refractivity contribution >= 4 is 11.8 Å². The predicted molar refractivity (Wildman–Crippen MR) is 114 cm³/mol. The van der Waals surface area contributed by atoms with E-state index in [2.05, 4.69) is 13.5 Å². The average Bonchev–Trinajstić information content (AvgIpc) is 2.66. The highest BCUT2D eigenvalue weighted by Gasteiger charge is 2.27. The zero-order chi connectivity index (χ0) is 21.1. The van der Waals surface area contributed by atoms with Crippen molar-refractivity contribution < 1.29 is 19.4 Å². The summed E-state index contributed by atoms with van der Waals surface area (Å²) in [4.78, 5) is 24.7. The van der Waals surface area contributed by atoms with Gasteiger partial charge in [-0.1, -0.05) is 76.6 Å². The molecule has 1 aliphatic heterocycles. The Bertz CT molecular complexity index is 614. The summed E-state index contributed by atoms with van der Waals surface area (Å²) in [7, 11) is 0. The minimum atomic E-state index is -0.979. The van der Waals surface area contributed by atoms with Crippen LogP contribution < -0.4 is 0 Å². The lowest BCUT2D eigenvalue weighted by Crippen LogP contribution is -2.35. The van der Waals surface area contributed by atoms with Gasteiger partial charge in [0.25, 0.3) is 0 Å². The number of aliphatic hydroxyl groups is 1. The molecule has 4 heteroatoms. The van der Waals surface area contributed by atoms with Crippen molar-refractivity contribution in [2.75, 3.05) is 0 Å². The number of hydrogen-bond acceptors (Lipinski definition) is 4. The summed E-state index contributed by atoms with van der Waals surface area (Å²) in [5, 5.41) is 10.7. The van der Waals surface area contributed by atoms with Crippen LogP contribution >= 0.6 is 0 Å². The molecule has 1 N–H and O–H groups in total. The number of carbonyl (C=O) groups is 2. The Kier molecular flexibility index (Phi) is 10.8. The summed E-state index contributed by atoms with van der Waals surface area (Å²) in [6.45, 7) is 11.8. The molecule has 1 heterocycles. The molecule has 0 aromatic carbocycles. The molecule has 0 radical (unpaired) electrons. The van der Waals surface area contributed by atoms with Gasteiger partial charge in [0.05, 0.1) is 6.42 Å². The summed E-state index contributed by atoms with van der Waals surface area (Å²) in [6.07, 6.45) is 12.7. The van der Waals surface area contributed by atoms with Crippen molar-refractivity contribution in [1.29, 1.82) is 0 Å². The smallest absolute Gasteiger partial charge is 0.306 e. The fourth-order valence-corrected chi connectivity index (χ4v) is 3.02. The van der Waals surface area contributed by atoms with Crippen LogP contribution in [0.1, 0.15) is 59.8 Å². The molecule has 0 aromatic rings. The minimum Gasteiger partial charge on any atom is -0.459 e. The van der Waals surface area contributed by atoms with Crippen LogP contribution in [0.2, 0.25) is 0 Å². The minimum absolute atomic E-state index is 0.0126. The normalized spacial score (nSPS) is 29.4. The molecule has 0 aromatic heterocycles. The van der Waals surface area contributed by atoms with E-state index in [-0.39, 0.29) is 35.9 Å². The first-order valence-corrected chi connectivity index (χ1v) is 10.4. The van der Waals surface area contributed by atoms with Gasteiger partial charge in [0.2, 0.25) is 0 Å². The number of hydrogen-bond donors (Lipinski definition) is 1. The monoisotopic (exact) mass is 388 g/mol. The van der Waals surface area contributed by atoms with Gasteiger partial charge in [-0.15, -0.1) is 0 Å². The largest absolute Gasteiger partial charge is 0.459 e. The molecule has 0 spiro atoms. The van der Waals surface area contributed by atoms with Gasteiger partial charge in [-0.05, 0) is 31.3 Å². The Hall–Kier alpha value is -1.94. The van der Waals surface area contributed by atoms with E-state index in [0.717, 1.165) is 24.8 Å². The van der Waals surface area contributed by atoms with E-state index >= 15 is 0 Å². The van der Waals surface area contributed by atoms with Crippen LogP contribution in [0.15, 0.2) is 48.6 Å². The fourth-order valence-electron chi connectivity index (χ4n) is 3.02. The van der Waals surface area contributed by atoms with Crippen molar-refractivity contribution in [1.82, 2.24) is 0 Å². The second-order valence-electron chi connectivity index (χ2n) is 7.80. The molecule has 5 unspecified atom stereocenters. The third-order valence-electron chi connectivity index (χ3n) is 5.15. The van der Waals surface area contributed by atoms with Crippen LogP contribution in [0.25, 0.3) is 0 Å². The number of carbonyl (C=O) groups excluding carboxylic acids is 2. The highest BCUT2D eigenvalue weighted by atomic mass is 16.6. The predicted octanol–water partition coefficient (Wildman–Crippen LogP) is 4.95. The number of esters is 1. The number of cyclic esters (lactones) is 1. The zero-order valence-electron chi connectivity index (χ0n) is 17.8. The van der Waals surface area contributed by atoms with Gasteiger partial charge in [0, 0.05) is 11.8 Å². The number of unbranched alkanes of at least 4 members (excludes halogenated alkanes) is 1. The summed E-state index contributed by atoms with van der Waals surface area (Å²) < 4.78 is 5.68. The average molecular weight is 389 g/mol. The van der Waals surface area contributed by atoms with Gasteiger partial charge in [-0.3, -0.25) is 9.59 Å². The standard InChI is InChI=1S/C24H36O4/c1-6-7-8-12-19(4)24-22(26)15-14-18(3)21(25)13-10-9-11-17(2)20(5)16-23(27)28-24/h8,10,12-15,18-20,22,24,26H,2,6-7,9,11,16H2,1,3-5H3. The molecule has 5 atom stereocenters. The van der Waals surface area contributed by atoms with Crippen molar-refractivity contribution in [3.05, 3.63) is 48.6 Å². The number of ketones is 1. The van der Waals surface area contributed by atoms with Gasteiger partial charge >= 0.3 is 5.97 Å². The van der Waals surface area contributed by atoms with Crippen LogP contribution in [0.5, 0.6) is 0 Å². The third-order valence-corrected chi connectivity index (χ3v) is 5.15. The Morgan fingerprint density at radius 3 is 2.71 bits per heavy atom. The van der Waals surface area contributed by atoms with Crippen LogP contribution in [0, 0.1) is 17.8 Å². The van der Waals surface area contributed by atoms with Crippen LogP contribution in [0.3, 0.4) is 0 Å². The van der Waals surface area contributed by atoms with E-state index in [0.29, 0.717) is 6.42 Å². The quantitative estimate of drug-likeness (QED) is 0.547. The topological polar surface area (TPSA) is 63.6 Å². The lowest BCUT2D eigenvalue weighted by Gasteiger charge is -2.26. The summed E-state index contributed by atoms with van der Waals surface area (Å²) in [5.41, 5.74) is 0.961. The molecular weight excluding hydrogens is 352 g/mol. The second-order valence-corrected chi connectivity index (χ2v) is 7.80. The SMILES string of the molecule is C=C1CCC=CC(=O)C(C)C=CC(O)C(C(C)C=CCCC)OC(=O)CC1C. The Morgan fingerprint density at radius 1 is 1.32 bits per heavy atom. The van der Waals surface area contributed by atoms with Crippen LogP contribution in [-0.2, 0) is 14.3 Å². The molecule has 0 saturated carbocycles. The van der Waals surface area contributed by atoms with Gasteiger partial charge < -0.3 is 9.84 Å². The maximum absolute atomic E-state index is 12.5. The second kappa shape index (κ2) is 12.5. The van der Waals surface area contributed by atoms with E-state index in [4.69, 9.17) is 4.74 Å². The number of rotatable bonds is 4. The highest BCUT2D eigenvalue weighted by molar-refractivity contribution is 5.92. The van der Waals surface area contributed by atoms with Gasteiger partial charge in [-0.2, -0.15) is 0 Å². The van der Waals surface area contributed by atoms with Crippen LogP contribution in [0.4, 0.5) is 0 Å². The molecule has 156 valence electrons. The molecule has 0 saturated heterocycles. The first-order chi connectivity index (χ1) is 13.3. The van der Waals surface area contributed by atoms with E-state index in [1.54, 1.807) is 25.2 Å². The van der Waals surface area contributed by atoms with Gasteiger partial charge in [0.15, 0.2) is 5.78 Å². The molecule has 0 aliphatic carbocycles. The molecule has 4 nitrogen and oxygen atoms in total. The van der Waals surface area contributed by atoms with Crippen molar-refractivity contribution in [3.8, 4) is 0 Å².